The molecule has 23 heavy (non-hydrogen) atoms. The molecule has 1 amide bonds. The first-order chi connectivity index (χ1) is 10.7. The third-order valence-electron chi connectivity index (χ3n) is 4.01. The number of hydrogen-bond donors (Lipinski definition) is 0. The standard InChI is InChI=1S/C15H20ClFN2O3S/c1-11-5-7-18(8-6-11)15(20)10-19(23(2,21)22)12-3-4-14(17)13(16)9-12/h3-4,9,11H,5-8,10H2,1-2H3. The van der Waals surface area contributed by atoms with Gasteiger partial charge in [-0.1, -0.05) is 18.5 Å². The van der Waals surface area contributed by atoms with Gasteiger partial charge in [-0.25, -0.2) is 12.8 Å². The van der Waals surface area contributed by atoms with Crippen LogP contribution in [0.1, 0.15) is 19.8 Å². The minimum Gasteiger partial charge on any atom is -0.341 e. The van der Waals surface area contributed by atoms with Crippen molar-refractivity contribution in [2.24, 2.45) is 5.92 Å². The normalized spacial score (nSPS) is 16.4. The summed E-state index contributed by atoms with van der Waals surface area (Å²) in [6.07, 6.45) is 2.83. The quantitative estimate of drug-likeness (QED) is 0.826. The number of hydrogen-bond acceptors (Lipinski definition) is 3. The van der Waals surface area contributed by atoms with E-state index in [1.807, 2.05) is 0 Å². The van der Waals surface area contributed by atoms with Crippen molar-refractivity contribution in [3.8, 4) is 0 Å². The zero-order valence-electron chi connectivity index (χ0n) is 13.1. The molecule has 0 aromatic heterocycles. The molecule has 5 nitrogen and oxygen atoms in total. The van der Waals surface area contributed by atoms with Gasteiger partial charge in [0.05, 0.1) is 17.0 Å². The van der Waals surface area contributed by atoms with Crippen molar-refractivity contribution < 1.29 is 17.6 Å². The highest BCUT2D eigenvalue weighted by molar-refractivity contribution is 7.92. The van der Waals surface area contributed by atoms with Gasteiger partial charge in [0.25, 0.3) is 0 Å². The molecular formula is C15H20ClFN2O3S. The number of likely N-dealkylation sites (tertiary alicyclic amines) is 1. The van der Waals surface area contributed by atoms with Crippen LogP contribution in [0, 0.1) is 11.7 Å². The van der Waals surface area contributed by atoms with E-state index < -0.39 is 15.8 Å². The lowest BCUT2D eigenvalue weighted by Gasteiger charge is -2.32. The number of halogens is 2. The molecule has 128 valence electrons. The molecule has 1 saturated heterocycles. The first kappa shape index (κ1) is 18.0. The van der Waals surface area contributed by atoms with Gasteiger partial charge in [-0.15, -0.1) is 0 Å². The van der Waals surface area contributed by atoms with E-state index in [0.717, 1.165) is 29.5 Å². The molecule has 1 aromatic rings. The number of amides is 1. The fourth-order valence-electron chi connectivity index (χ4n) is 2.52. The third-order valence-corrected chi connectivity index (χ3v) is 5.44. The Kier molecular flexibility index (Phi) is 5.52. The van der Waals surface area contributed by atoms with Crippen molar-refractivity contribution in [3.05, 3.63) is 29.0 Å². The van der Waals surface area contributed by atoms with E-state index in [9.17, 15) is 17.6 Å². The van der Waals surface area contributed by atoms with Gasteiger partial charge in [-0.2, -0.15) is 0 Å². The number of piperidine rings is 1. The molecule has 8 heteroatoms. The van der Waals surface area contributed by atoms with Crippen LogP contribution in [-0.2, 0) is 14.8 Å². The SMILES string of the molecule is CC1CCN(C(=O)CN(c2ccc(F)c(Cl)c2)S(C)(=O)=O)CC1. The molecule has 1 aliphatic heterocycles. The largest absolute Gasteiger partial charge is 0.341 e. The fraction of sp³-hybridized carbons (Fsp3) is 0.533. The van der Waals surface area contributed by atoms with Crippen LogP contribution in [0.15, 0.2) is 18.2 Å². The summed E-state index contributed by atoms with van der Waals surface area (Å²) in [4.78, 5) is 14.1. The van der Waals surface area contributed by atoms with Crippen molar-refractivity contribution in [2.75, 3.05) is 30.2 Å². The second-order valence-corrected chi connectivity index (χ2v) is 8.25. The summed E-state index contributed by atoms with van der Waals surface area (Å²) in [5, 5.41) is -0.185. The number of benzene rings is 1. The van der Waals surface area contributed by atoms with Crippen LogP contribution in [0.5, 0.6) is 0 Å². The van der Waals surface area contributed by atoms with Crippen LogP contribution in [0.4, 0.5) is 10.1 Å². The fourth-order valence-corrected chi connectivity index (χ4v) is 3.54. The zero-order valence-corrected chi connectivity index (χ0v) is 14.7. The smallest absolute Gasteiger partial charge is 0.243 e. The summed E-state index contributed by atoms with van der Waals surface area (Å²) in [7, 11) is -3.69. The number of carbonyl (C=O) groups is 1. The Labute approximate surface area is 141 Å². The predicted molar refractivity (Wildman–Crippen MR) is 88.6 cm³/mol. The number of sulfonamides is 1. The van der Waals surface area contributed by atoms with E-state index >= 15 is 0 Å². The van der Waals surface area contributed by atoms with Gasteiger partial charge in [0.15, 0.2) is 0 Å². The molecule has 1 aromatic carbocycles. The summed E-state index contributed by atoms with van der Waals surface area (Å²) >= 11 is 5.72. The van der Waals surface area contributed by atoms with Crippen LogP contribution in [0.3, 0.4) is 0 Å². The average molecular weight is 363 g/mol. The minimum atomic E-state index is -3.69. The Morgan fingerprint density at radius 1 is 1.39 bits per heavy atom. The first-order valence-corrected chi connectivity index (χ1v) is 9.61. The van der Waals surface area contributed by atoms with E-state index in [4.69, 9.17) is 11.6 Å². The van der Waals surface area contributed by atoms with Gasteiger partial charge < -0.3 is 4.90 Å². The summed E-state index contributed by atoms with van der Waals surface area (Å²) in [6.45, 7) is 3.07. The molecule has 0 radical (unpaired) electrons. The lowest BCUT2D eigenvalue weighted by atomic mass is 9.99. The Morgan fingerprint density at radius 3 is 2.52 bits per heavy atom. The van der Waals surface area contributed by atoms with Gasteiger partial charge >= 0.3 is 0 Å². The molecule has 0 aliphatic carbocycles. The maximum Gasteiger partial charge on any atom is 0.243 e. The maximum atomic E-state index is 13.3. The number of anilines is 1. The maximum absolute atomic E-state index is 13.3. The second-order valence-electron chi connectivity index (χ2n) is 5.93. The van der Waals surface area contributed by atoms with Gasteiger partial charge in [0, 0.05) is 13.1 Å². The molecule has 0 N–H and O–H groups in total. The first-order valence-electron chi connectivity index (χ1n) is 7.39. The van der Waals surface area contributed by atoms with Crippen LogP contribution in [0.25, 0.3) is 0 Å². The van der Waals surface area contributed by atoms with Crippen molar-refractivity contribution in [1.29, 1.82) is 0 Å². The van der Waals surface area contributed by atoms with Gasteiger partial charge in [-0.05, 0) is 37.0 Å². The highest BCUT2D eigenvalue weighted by Gasteiger charge is 2.26. The van der Waals surface area contributed by atoms with E-state index in [1.165, 1.54) is 12.1 Å². The van der Waals surface area contributed by atoms with Crippen molar-refractivity contribution >= 4 is 33.2 Å². The van der Waals surface area contributed by atoms with Crippen LogP contribution in [-0.4, -0.2) is 45.1 Å². The Hall–Kier alpha value is -1.34. The average Bonchev–Trinajstić information content (AvgIpc) is 2.47. The highest BCUT2D eigenvalue weighted by atomic mass is 35.5. The number of nitrogens with zero attached hydrogens (tertiary/aromatic N) is 2. The molecule has 1 heterocycles. The monoisotopic (exact) mass is 362 g/mol. The molecule has 0 unspecified atom stereocenters. The number of rotatable bonds is 4. The number of carbonyl (C=O) groups excluding carboxylic acids is 1. The summed E-state index contributed by atoms with van der Waals surface area (Å²) < 4.78 is 38.3. The van der Waals surface area contributed by atoms with Crippen LogP contribution >= 0.6 is 11.6 Å². The molecule has 0 spiro atoms. The Balaban J connectivity index is 2.19. The summed E-state index contributed by atoms with van der Waals surface area (Å²) in [5.74, 6) is -0.330. The summed E-state index contributed by atoms with van der Waals surface area (Å²) in [5.41, 5.74) is 0.178. The van der Waals surface area contributed by atoms with E-state index in [0.29, 0.717) is 19.0 Å². The van der Waals surface area contributed by atoms with Crippen LogP contribution in [0.2, 0.25) is 5.02 Å². The second kappa shape index (κ2) is 7.05. The molecule has 2 rings (SSSR count). The highest BCUT2D eigenvalue weighted by Crippen LogP contribution is 2.25. The van der Waals surface area contributed by atoms with Gasteiger partial charge in [0.1, 0.15) is 12.4 Å². The van der Waals surface area contributed by atoms with Crippen molar-refractivity contribution in [3.63, 3.8) is 0 Å². The molecule has 0 bridgehead atoms. The predicted octanol–water partition coefficient (Wildman–Crippen LogP) is 2.50. The van der Waals surface area contributed by atoms with Crippen molar-refractivity contribution in [1.82, 2.24) is 4.90 Å². The lowest BCUT2D eigenvalue weighted by molar-refractivity contribution is -0.130. The molecule has 1 fully saturated rings. The van der Waals surface area contributed by atoms with E-state index in [1.54, 1.807) is 4.90 Å². The van der Waals surface area contributed by atoms with Gasteiger partial charge in [0.2, 0.25) is 15.9 Å². The van der Waals surface area contributed by atoms with Crippen molar-refractivity contribution in [2.45, 2.75) is 19.8 Å². The summed E-state index contributed by atoms with van der Waals surface area (Å²) in [6, 6.07) is 3.60. The lowest BCUT2D eigenvalue weighted by Crippen LogP contribution is -2.45. The zero-order chi connectivity index (χ0) is 17.2. The molecule has 0 saturated carbocycles. The van der Waals surface area contributed by atoms with E-state index in [2.05, 4.69) is 6.92 Å². The molecule has 1 aliphatic rings. The van der Waals surface area contributed by atoms with Crippen LogP contribution < -0.4 is 4.31 Å². The third kappa shape index (κ3) is 4.57. The Bertz CT molecular complexity index is 688. The topological polar surface area (TPSA) is 57.7 Å². The Morgan fingerprint density at radius 2 is 2.00 bits per heavy atom. The van der Waals surface area contributed by atoms with E-state index in [-0.39, 0.29) is 23.2 Å². The molecular weight excluding hydrogens is 343 g/mol. The minimum absolute atomic E-state index is 0.178. The van der Waals surface area contributed by atoms with Gasteiger partial charge in [-0.3, -0.25) is 9.10 Å². The molecule has 0 atom stereocenters.